The number of hydrogen-bond acceptors (Lipinski definition) is 2. The van der Waals surface area contributed by atoms with Crippen LogP contribution in [0.15, 0.2) is 12.4 Å². The normalized spacial score (nSPS) is 14.0. The van der Waals surface area contributed by atoms with Gasteiger partial charge in [-0.3, -0.25) is 5.50 Å². The van der Waals surface area contributed by atoms with Crippen molar-refractivity contribution in [3.8, 4) is 0 Å². The van der Waals surface area contributed by atoms with Crippen LogP contribution in [-0.4, -0.2) is 4.89 Å². The highest BCUT2D eigenvalue weighted by molar-refractivity contribution is 7.52. The van der Waals surface area contributed by atoms with Crippen molar-refractivity contribution in [2.24, 2.45) is 5.50 Å². The Hall–Kier alpha value is 0.0900. The van der Waals surface area contributed by atoms with Crippen LogP contribution < -0.4 is 5.50 Å². The number of hydrogen-bond donors (Lipinski definition) is 2. The predicted octanol–water partition coefficient (Wildman–Crippen LogP) is 0.393. The van der Waals surface area contributed by atoms with E-state index < -0.39 is 8.30 Å². The molecule has 0 saturated heterocycles. The maximum atomic E-state index is 8.09. The zero-order chi connectivity index (χ0) is 4.28. The van der Waals surface area contributed by atoms with Gasteiger partial charge in [0.2, 0.25) is 0 Å². The predicted molar refractivity (Wildman–Crippen MR) is 23.5 cm³/mol. The van der Waals surface area contributed by atoms with E-state index in [9.17, 15) is 0 Å². The highest BCUT2D eigenvalue weighted by Gasteiger charge is 1.75. The molecular formula is C2H6NOP. The third-order valence-corrected chi connectivity index (χ3v) is 0.561. The minimum Gasteiger partial charge on any atom is -0.356 e. The lowest BCUT2D eigenvalue weighted by Gasteiger charge is -1.84. The fraction of sp³-hybridized carbons (Fsp3) is 0. The third-order valence-electron chi connectivity index (χ3n) is 0.187. The number of nitrogens with two attached hydrogens (primary N) is 1. The first-order valence-corrected chi connectivity index (χ1v) is 2.56. The molecule has 2 nitrogen and oxygen atoms in total. The molecule has 0 aliphatic carbocycles. The molecule has 3 N–H and O–H groups in total. The second kappa shape index (κ2) is 2.33. The van der Waals surface area contributed by atoms with E-state index in [0.717, 1.165) is 0 Å². The molecule has 0 heterocycles. The van der Waals surface area contributed by atoms with E-state index in [-0.39, 0.29) is 0 Å². The molecule has 5 heavy (non-hydrogen) atoms. The minimum absolute atomic E-state index is 1.31. The maximum Gasteiger partial charge on any atom is 0.120 e. The second-order valence-corrected chi connectivity index (χ2v) is 1.69. The molecule has 0 aromatic carbocycles. The van der Waals surface area contributed by atoms with E-state index in [1.165, 1.54) is 5.82 Å². The lowest BCUT2D eigenvalue weighted by Crippen LogP contribution is -1.76. The van der Waals surface area contributed by atoms with Gasteiger partial charge in [-0.2, -0.15) is 0 Å². The molecule has 30 valence electrons. The van der Waals surface area contributed by atoms with Gasteiger partial charge in [-0.15, -0.1) is 0 Å². The van der Waals surface area contributed by atoms with E-state index >= 15 is 0 Å². The van der Waals surface area contributed by atoms with Gasteiger partial charge in [0.1, 0.15) is 8.30 Å². The summed E-state index contributed by atoms with van der Waals surface area (Å²) < 4.78 is 0. The molecule has 1 atom stereocenters. The first-order valence-electron chi connectivity index (χ1n) is 1.12. The largest absolute Gasteiger partial charge is 0.356 e. The fourth-order valence-corrected chi connectivity index (χ4v) is 0. The molecule has 1 unspecified atom stereocenters. The van der Waals surface area contributed by atoms with E-state index in [1.54, 1.807) is 0 Å². The van der Waals surface area contributed by atoms with Gasteiger partial charge in [0.05, 0.1) is 0 Å². The fourth-order valence-electron chi connectivity index (χ4n) is 0. The molecule has 0 fully saturated rings. The molecule has 0 bridgehead atoms. The zero-order valence-corrected chi connectivity index (χ0v) is 3.65. The van der Waals surface area contributed by atoms with E-state index in [2.05, 4.69) is 6.58 Å². The molecule has 0 spiro atoms. The lowest BCUT2D eigenvalue weighted by atomic mass is 11.3. The van der Waals surface area contributed by atoms with E-state index in [4.69, 9.17) is 10.4 Å². The summed E-state index contributed by atoms with van der Waals surface area (Å²) in [4.78, 5) is 8.09. The molecule has 0 rings (SSSR count). The average Bonchev–Trinajstić information content (AvgIpc) is 1.38. The van der Waals surface area contributed by atoms with Gasteiger partial charge in [-0.25, -0.2) is 0 Å². The molecule has 3 heteroatoms. The van der Waals surface area contributed by atoms with Crippen molar-refractivity contribution in [2.75, 3.05) is 0 Å². The van der Waals surface area contributed by atoms with Crippen molar-refractivity contribution < 1.29 is 4.89 Å². The van der Waals surface area contributed by atoms with Crippen LogP contribution in [0.2, 0.25) is 0 Å². The Labute approximate surface area is 32.2 Å². The Morgan fingerprint density at radius 1 is 2.00 bits per heavy atom. The van der Waals surface area contributed by atoms with Gasteiger partial charge in [0.15, 0.2) is 0 Å². The molecule has 0 aromatic heterocycles. The Morgan fingerprint density at radius 2 is 2.20 bits per heavy atom. The van der Waals surface area contributed by atoms with Crippen molar-refractivity contribution in [1.29, 1.82) is 0 Å². The standard InChI is InChI=1S/C2H6NOP/c1-2-5(3)4/h2,4H,1,3H2. The smallest absolute Gasteiger partial charge is 0.120 e. The van der Waals surface area contributed by atoms with Crippen molar-refractivity contribution in [1.82, 2.24) is 0 Å². The Balaban J connectivity index is 2.83. The highest BCUT2D eigenvalue weighted by atomic mass is 31.2. The Morgan fingerprint density at radius 3 is 2.20 bits per heavy atom. The van der Waals surface area contributed by atoms with Crippen molar-refractivity contribution in [3.63, 3.8) is 0 Å². The van der Waals surface area contributed by atoms with Crippen molar-refractivity contribution in [2.45, 2.75) is 0 Å². The highest BCUT2D eigenvalue weighted by Crippen LogP contribution is 2.16. The summed E-state index contributed by atoms with van der Waals surface area (Å²) in [6, 6.07) is 0. The van der Waals surface area contributed by atoms with Gasteiger partial charge in [-0.1, -0.05) is 6.58 Å². The maximum absolute atomic E-state index is 8.09. The third kappa shape index (κ3) is 4.09. The van der Waals surface area contributed by atoms with Gasteiger partial charge >= 0.3 is 0 Å². The van der Waals surface area contributed by atoms with Crippen molar-refractivity contribution in [3.05, 3.63) is 12.4 Å². The summed E-state index contributed by atoms with van der Waals surface area (Å²) in [5, 5.41) is 0. The summed E-state index contributed by atoms with van der Waals surface area (Å²) in [7, 11) is -1.33. The molecule has 0 saturated carbocycles. The van der Waals surface area contributed by atoms with Crippen LogP contribution in [0.5, 0.6) is 0 Å². The minimum atomic E-state index is -1.33. The summed E-state index contributed by atoms with van der Waals surface area (Å²) in [6.45, 7) is 3.21. The summed E-state index contributed by atoms with van der Waals surface area (Å²) >= 11 is 0. The topological polar surface area (TPSA) is 46.2 Å². The van der Waals surface area contributed by atoms with Crippen LogP contribution in [0, 0.1) is 0 Å². The summed E-state index contributed by atoms with van der Waals surface area (Å²) in [5.74, 6) is 1.31. The second-order valence-electron chi connectivity index (χ2n) is 0.563. The monoisotopic (exact) mass is 91.0 g/mol. The molecule has 0 aliphatic heterocycles. The van der Waals surface area contributed by atoms with Crippen LogP contribution in [-0.2, 0) is 0 Å². The van der Waals surface area contributed by atoms with E-state index in [0.29, 0.717) is 0 Å². The molecule has 0 amide bonds. The first-order chi connectivity index (χ1) is 2.27. The summed E-state index contributed by atoms with van der Waals surface area (Å²) in [6.07, 6.45) is 0. The van der Waals surface area contributed by atoms with Crippen LogP contribution in [0.3, 0.4) is 0 Å². The number of rotatable bonds is 1. The van der Waals surface area contributed by atoms with Gasteiger partial charge in [0.25, 0.3) is 0 Å². The van der Waals surface area contributed by atoms with Gasteiger partial charge in [-0.05, 0) is 5.82 Å². The van der Waals surface area contributed by atoms with Crippen LogP contribution >= 0.6 is 8.30 Å². The molecular weight excluding hydrogens is 85.0 g/mol. The van der Waals surface area contributed by atoms with Crippen LogP contribution in [0.4, 0.5) is 0 Å². The Bertz CT molecular complexity index is 36.6. The van der Waals surface area contributed by atoms with E-state index in [1.807, 2.05) is 0 Å². The zero-order valence-electron chi connectivity index (χ0n) is 2.76. The Kier molecular flexibility index (Phi) is 2.38. The van der Waals surface area contributed by atoms with Crippen LogP contribution in [0.1, 0.15) is 0 Å². The summed E-state index contributed by atoms with van der Waals surface area (Å²) in [5.41, 5.74) is 4.79. The van der Waals surface area contributed by atoms with Crippen LogP contribution in [0.25, 0.3) is 0 Å². The average molecular weight is 91.0 g/mol. The van der Waals surface area contributed by atoms with Gasteiger partial charge < -0.3 is 4.89 Å². The lowest BCUT2D eigenvalue weighted by molar-refractivity contribution is 0.635. The molecule has 0 aromatic rings. The first kappa shape index (κ1) is 5.09. The van der Waals surface area contributed by atoms with Crippen molar-refractivity contribution >= 4 is 8.30 Å². The van der Waals surface area contributed by atoms with Gasteiger partial charge in [0, 0.05) is 0 Å². The molecule has 0 radical (unpaired) electrons. The quantitative estimate of drug-likeness (QED) is 0.458. The SMILES string of the molecule is C=CP(N)O. The molecule has 0 aliphatic rings.